The third-order valence-electron chi connectivity index (χ3n) is 4.22. The van der Waals surface area contributed by atoms with Gasteiger partial charge in [-0.05, 0) is 62.1 Å². The summed E-state index contributed by atoms with van der Waals surface area (Å²) >= 11 is 1.02. The molecule has 1 fully saturated rings. The first-order valence-electron chi connectivity index (χ1n) is 7.93. The zero-order valence-electron chi connectivity index (χ0n) is 13.5. The lowest BCUT2D eigenvalue weighted by Gasteiger charge is -2.21. The minimum Gasteiger partial charge on any atom is -0.372 e. The van der Waals surface area contributed by atoms with Gasteiger partial charge in [-0.3, -0.25) is 4.79 Å². The third-order valence-corrected chi connectivity index (χ3v) is 5.09. The first-order valence-corrected chi connectivity index (χ1v) is 8.75. The van der Waals surface area contributed by atoms with E-state index in [0.29, 0.717) is 0 Å². The molecule has 0 bridgehead atoms. The summed E-state index contributed by atoms with van der Waals surface area (Å²) in [7, 11) is 0. The van der Waals surface area contributed by atoms with E-state index in [1.165, 1.54) is 24.6 Å². The Kier molecular flexibility index (Phi) is 4.66. The van der Waals surface area contributed by atoms with Crippen molar-refractivity contribution in [3.8, 4) is 0 Å². The molecule has 2 heterocycles. The van der Waals surface area contributed by atoms with Gasteiger partial charge in [0, 0.05) is 29.3 Å². The van der Waals surface area contributed by atoms with Crippen LogP contribution in [0, 0.1) is 19.0 Å². The quantitative estimate of drug-likeness (QED) is 0.906. The van der Waals surface area contributed by atoms with Crippen LogP contribution in [0.5, 0.6) is 0 Å². The number of halogens is 1. The molecular weight excluding hydrogens is 311 g/mol. The molecule has 1 N–H and O–H groups in total. The Balaban J connectivity index is 1.73. The highest BCUT2D eigenvalue weighted by Crippen LogP contribution is 2.29. The number of amides is 1. The number of aryl methyl sites for hydroxylation is 2. The average molecular weight is 332 g/mol. The van der Waals surface area contributed by atoms with Crippen LogP contribution in [-0.2, 0) is 11.2 Å². The number of benzene rings is 1. The van der Waals surface area contributed by atoms with Crippen LogP contribution < -0.4 is 10.2 Å². The highest BCUT2D eigenvalue weighted by atomic mass is 32.1. The highest BCUT2D eigenvalue weighted by Gasteiger charge is 2.16. The molecule has 122 valence electrons. The van der Waals surface area contributed by atoms with Crippen LogP contribution in [-0.4, -0.2) is 19.0 Å². The summed E-state index contributed by atoms with van der Waals surface area (Å²) in [6, 6.07) is 7.34. The smallest absolute Gasteiger partial charge is 0.229 e. The maximum absolute atomic E-state index is 13.0. The largest absolute Gasteiger partial charge is 0.372 e. The molecule has 1 saturated heterocycles. The summed E-state index contributed by atoms with van der Waals surface area (Å²) in [4.78, 5) is 15.3. The van der Waals surface area contributed by atoms with Crippen molar-refractivity contribution < 1.29 is 9.18 Å². The summed E-state index contributed by atoms with van der Waals surface area (Å²) in [6.45, 7) is 6.25. The van der Waals surface area contributed by atoms with Gasteiger partial charge < -0.3 is 10.2 Å². The Morgan fingerprint density at radius 1 is 1.22 bits per heavy atom. The van der Waals surface area contributed by atoms with E-state index >= 15 is 0 Å². The summed E-state index contributed by atoms with van der Waals surface area (Å²) in [5, 5.41) is 2.73. The SMILES string of the molecule is Cc1cc(N2CCCC2)cc(C)c1NC(=O)Cc1ccc(F)s1. The fourth-order valence-corrected chi connectivity index (χ4v) is 3.81. The van der Waals surface area contributed by atoms with E-state index in [4.69, 9.17) is 0 Å². The minimum atomic E-state index is -0.255. The number of hydrogen-bond acceptors (Lipinski definition) is 3. The monoisotopic (exact) mass is 332 g/mol. The number of carbonyl (C=O) groups is 1. The van der Waals surface area contributed by atoms with Gasteiger partial charge in [0.05, 0.1) is 6.42 Å². The van der Waals surface area contributed by atoms with Gasteiger partial charge in [-0.1, -0.05) is 0 Å². The van der Waals surface area contributed by atoms with Gasteiger partial charge >= 0.3 is 0 Å². The fraction of sp³-hybridized carbons (Fsp3) is 0.389. The number of nitrogens with zero attached hydrogens (tertiary/aromatic N) is 1. The van der Waals surface area contributed by atoms with Gasteiger partial charge in [0.1, 0.15) is 0 Å². The molecule has 23 heavy (non-hydrogen) atoms. The summed E-state index contributed by atoms with van der Waals surface area (Å²) in [5.74, 6) is -0.105. The van der Waals surface area contributed by atoms with Crippen molar-refractivity contribution in [2.45, 2.75) is 33.1 Å². The highest BCUT2D eigenvalue weighted by molar-refractivity contribution is 7.10. The molecule has 0 aliphatic carbocycles. The van der Waals surface area contributed by atoms with Gasteiger partial charge in [0.15, 0.2) is 5.13 Å². The number of thiophene rings is 1. The topological polar surface area (TPSA) is 32.3 Å². The molecule has 3 nitrogen and oxygen atoms in total. The Hall–Kier alpha value is -1.88. The van der Waals surface area contributed by atoms with Crippen molar-refractivity contribution in [3.05, 3.63) is 45.4 Å². The minimum absolute atomic E-state index is 0.105. The Morgan fingerprint density at radius 2 is 1.87 bits per heavy atom. The molecule has 0 unspecified atom stereocenters. The van der Waals surface area contributed by atoms with Crippen LogP contribution in [0.3, 0.4) is 0 Å². The van der Waals surface area contributed by atoms with Crippen LogP contribution in [0.2, 0.25) is 0 Å². The molecule has 0 saturated carbocycles. The van der Waals surface area contributed by atoms with Crippen LogP contribution in [0.1, 0.15) is 28.8 Å². The summed E-state index contributed by atoms with van der Waals surface area (Å²) in [5.41, 5.74) is 4.24. The standard InChI is InChI=1S/C18H21FN2OS/c1-12-9-14(21-7-3-4-8-21)10-13(2)18(12)20-17(22)11-15-5-6-16(19)23-15/h5-6,9-10H,3-4,7-8,11H2,1-2H3,(H,20,22). The molecule has 1 aliphatic heterocycles. The second kappa shape index (κ2) is 6.71. The molecule has 5 heteroatoms. The molecule has 2 aromatic rings. The lowest BCUT2D eigenvalue weighted by molar-refractivity contribution is -0.115. The van der Waals surface area contributed by atoms with E-state index in [2.05, 4.69) is 22.3 Å². The Morgan fingerprint density at radius 3 is 2.43 bits per heavy atom. The van der Waals surface area contributed by atoms with Gasteiger partial charge in [-0.2, -0.15) is 4.39 Å². The predicted octanol–water partition coefficient (Wildman–Crippen LogP) is 4.29. The molecule has 1 aromatic carbocycles. The van der Waals surface area contributed by atoms with Crippen LogP contribution in [0.4, 0.5) is 15.8 Å². The lowest BCUT2D eigenvalue weighted by atomic mass is 10.1. The summed E-state index contributed by atoms with van der Waals surface area (Å²) < 4.78 is 13.0. The maximum atomic E-state index is 13.0. The van der Waals surface area contributed by atoms with Gasteiger partial charge in [0.25, 0.3) is 0 Å². The number of anilines is 2. The van der Waals surface area contributed by atoms with Crippen molar-refractivity contribution in [1.29, 1.82) is 0 Å². The van der Waals surface area contributed by atoms with Crippen molar-refractivity contribution in [2.75, 3.05) is 23.3 Å². The zero-order chi connectivity index (χ0) is 16.4. The maximum Gasteiger partial charge on any atom is 0.229 e. The van der Waals surface area contributed by atoms with Crippen LogP contribution >= 0.6 is 11.3 Å². The van der Waals surface area contributed by atoms with E-state index in [9.17, 15) is 9.18 Å². The van der Waals surface area contributed by atoms with Crippen LogP contribution in [0.25, 0.3) is 0 Å². The number of hydrogen-bond donors (Lipinski definition) is 1. The van der Waals surface area contributed by atoms with Crippen molar-refractivity contribution in [2.24, 2.45) is 0 Å². The zero-order valence-corrected chi connectivity index (χ0v) is 14.3. The molecule has 1 aliphatic rings. The second-order valence-corrected chi connectivity index (χ2v) is 7.20. The molecular formula is C18H21FN2OS. The molecule has 0 radical (unpaired) electrons. The van der Waals surface area contributed by atoms with Crippen molar-refractivity contribution in [1.82, 2.24) is 0 Å². The number of nitrogens with one attached hydrogen (secondary N) is 1. The van der Waals surface area contributed by atoms with E-state index in [0.717, 1.165) is 46.1 Å². The average Bonchev–Trinajstić information content (AvgIpc) is 3.14. The Labute approximate surface area is 140 Å². The number of rotatable bonds is 4. The van der Waals surface area contributed by atoms with E-state index < -0.39 is 0 Å². The van der Waals surface area contributed by atoms with E-state index in [1.807, 2.05) is 13.8 Å². The van der Waals surface area contributed by atoms with E-state index in [1.54, 1.807) is 6.07 Å². The number of carbonyl (C=O) groups excluding carboxylic acids is 1. The Bertz CT molecular complexity index is 697. The molecule has 1 amide bonds. The van der Waals surface area contributed by atoms with Crippen LogP contribution in [0.15, 0.2) is 24.3 Å². The third kappa shape index (κ3) is 3.72. The van der Waals surface area contributed by atoms with Gasteiger partial charge in [0.2, 0.25) is 5.91 Å². The van der Waals surface area contributed by atoms with Crippen molar-refractivity contribution >= 4 is 28.6 Å². The molecule has 1 aromatic heterocycles. The first kappa shape index (κ1) is 16.0. The first-order chi connectivity index (χ1) is 11.0. The predicted molar refractivity (Wildman–Crippen MR) is 94.0 cm³/mol. The van der Waals surface area contributed by atoms with Gasteiger partial charge in [-0.25, -0.2) is 0 Å². The lowest BCUT2D eigenvalue weighted by Crippen LogP contribution is -2.19. The molecule has 0 atom stereocenters. The summed E-state index contributed by atoms with van der Waals surface area (Å²) in [6.07, 6.45) is 2.70. The second-order valence-electron chi connectivity index (χ2n) is 6.08. The van der Waals surface area contributed by atoms with Gasteiger partial charge in [-0.15, -0.1) is 11.3 Å². The van der Waals surface area contributed by atoms with E-state index in [-0.39, 0.29) is 17.5 Å². The van der Waals surface area contributed by atoms with Crippen molar-refractivity contribution in [3.63, 3.8) is 0 Å². The molecule has 0 spiro atoms. The fourth-order valence-electron chi connectivity index (χ4n) is 3.08. The molecule has 3 rings (SSSR count). The normalized spacial score (nSPS) is 14.3.